The van der Waals surface area contributed by atoms with Crippen molar-refractivity contribution in [1.29, 1.82) is 0 Å². The fourth-order valence-corrected chi connectivity index (χ4v) is 2.23. The lowest BCUT2D eigenvalue weighted by atomic mass is 9.93. The summed E-state index contributed by atoms with van der Waals surface area (Å²) in [6, 6.07) is 5.69. The maximum atomic E-state index is 10.1. The molecule has 0 radical (unpaired) electrons. The molecule has 0 amide bonds. The van der Waals surface area contributed by atoms with Crippen LogP contribution >= 0.6 is 27.5 Å². The molecule has 0 heterocycles. The van der Waals surface area contributed by atoms with Gasteiger partial charge in [0.05, 0.1) is 5.60 Å². The number of hydrogen-bond acceptors (Lipinski definition) is 2. The zero-order valence-corrected chi connectivity index (χ0v) is 11.8. The summed E-state index contributed by atoms with van der Waals surface area (Å²) in [7, 11) is 1.63. The number of methoxy groups -OCH3 is 1. The predicted octanol–water partition coefficient (Wildman–Crippen LogP) is 3.43. The molecule has 1 atom stereocenters. The smallest absolute Gasteiger partial charge is 0.0682 e. The number of halogens is 2. The van der Waals surface area contributed by atoms with Gasteiger partial charge in [0.2, 0.25) is 0 Å². The summed E-state index contributed by atoms with van der Waals surface area (Å²) in [5, 5.41) is 10.8. The Morgan fingerprint density at radius 3 is 2.75 bits per heavy atom. The molecular formula is C12H16BrClO2. The summed E-state index contributed by atoms with van der Waals surface area (Å²) < 4.78 is 5.91. The molecule has 1 rings (SSSR count). The van der Waals surface area contributed by atoms with Gasteiger partial charge in [-0.2, -0.15) is 0 Å². The van der Waals surface area contributed by atoms with Crippen molar-refractivity contribution in [3.05, 3.63) is 33.3 Å². The summed E-state index contributed by atoms with van der Waals surface area (Å²) in [4.78, 5) is 0. The molecule has 0 spiro atoms. The first-order valence-corrected chi connectivity index (χ1v) is 6.27. The van der Waals surface area contributed by atoms with Crippen LogP contribution in [0.4, 0.5) is 0 Å². The van der Waals surface area contributed by atoms with Crippen LogP contribution in [0, 0.1) is 0 Å². The lowest BCUT2D eigenvalue weighted by Gasteiger charge is -2.23. The molecule has 0 aromatic heterocycles. The predicted molar refractivity (Wildman–Crippen MR) is 70.0 cm³/mol. The van der Waals surface area contributed by atoms with E-state index in [-0.39, 0.29) is 0 Å². The van der Waals surface area contributed by atoms with Gasteiger partial charge in [0.15, 0.2) is 0 Å². The highest BCUT2D eigenvalue weighted by Gasteiger charge is 2.21. The van der Waals surface area contributed by atoms with Crippen LogP contribution in [0.3, 0.4) is 0 Å². The molecule has 0 saturated heterocycles. The highest BCUT2D eigenvalue weighted by molar-refractivity contribution is 9.10. The van der Waals surface area contributed by atoms with Crippen molar-refractivity contribution < 1.29 is 9.84 Å². The van der Waals surface area contributed by atoms with Crippen LogP contribution in [0.5, 0.6) is 0 Å². The number of benzene rings is 1. The molecule has 0 fully saturated rings. The molecule has 1 aromatic rings. The van der Waals surface area contributed by atoms with Gasteiger partial charge in [-0.15, -0.1) is 0 Å². The van der Waals surface area contributed by atoms with Gasteiger partial charge in [-0.25, -0.2) is 0 Å². The van der Waals surface area contributed by atoms with Crippen LogP contribution in [-0.2, 0) is 11.2 Å². The lowest BCUT2D eigenvalue weighted by Crippen LogP contribution is -2.28. The second kappa shape index (κ2) is 6.01. The number of rotatable bonds is 5. The second-order valence-corrected chi connectivity index (χ2v) is 5.48. The van der Waals surface area contributed by atoms with E-state index in [1.165, 1.54) is 0 Å². The summed E-state index contributed by atoms with van der Waals surface area (Å²) >= 11 is 9.45. The Morgan fingerprint density at radius 2 is 2.19 bits per heavy atom. The molecule has 0 bridgehead atoms. The van der Waals surface area contributed by atoms with Crippen molar-refractivity contribution in [2.24, 2.45) is 0 Å². The summed E-state index contributed by atoms with van der Waals surface area (Å²) in [5.41, 5.74) is 0.166. The molecule has 0 aliphatic heterocycles. The van der Waals surface area contributed by atoms with Gasteiger partial charge in [0.25, 0.3) is 0 Å². The van der Waals surface area contributed by atoms with Gasteiger partial charge in [-0.1, -0.05) is 33.6 Å². The van der Waals surface area contributed by atoms with E-state index in [0.29, 0.717) is 24.5 Å². The van der Waals surface area contributed by atoms with E-state index in [4.69, 9.17) is 16.3 Å². The van der Waals surface area contributed by atoms with Crippen molar-refractivity contribution in [1.82, 2.24) is 0 Å². The van der Waals surface area contributed by atoms with E-state index < -0.39 is 5.60 Å². The topological polar surface area (TPSA) is 29.5 Å². The van der Waals surface area contributed by atoms with E-state index in [1.54, 1.807) is 14.0 Å². The van der Waals surface area contributed by atoms with Crippen molar-refractivity contribution >= 4 is 27.5 Å². The molecule has 0 aliphatic rings. The van der Waals surface area contributed by atoms with Gasteiger partial charge >= 0.3 is 0 Å². The second-order valence-electron chi connectivity index (χ2n) is 4.15. The van der Waals surface area contributed by atoms with Crippen molar-refractivity contribution in [2.45, 2.75) is 25.4 Å². The Balaban J connectivity index is 2.71. The monoisotopic (exact) mass is 306 g/mol. The average molecular weight is 308 g/mol. The highest BCUT2D eigenvalue weighted by atomic mass is 79.9. The summed E-state index contributed by atoms with van der Waals surface area (Å²) in [6.45, 7) is 2.34. The first-order valence-electron chi connectivity index (χ1n) is 5.10. The third kappa shape index (κ3) is 4.42. The van der Waals surface area contributed by atoms with Gasteiger partial charge in [0.1, 0.15) is 0 Å². The zero-order chi connectivity index (χ0) is 12.2. The number of aliphatic hydroxyl groups is 1. The summed E-state index contributed by atoms with van der Waals surface area (Å²) in [5.74, 6) is 0. The van der Waals surface area contributed by atoms with E-state index in [0.717, 1.165) is 10.0 Å². The minimum atomic E-state index is -0.784. The standard InChI is InChI=1S/C12H16BrClO2/c1-12(15,5-6-16-2)8-9-3-4-10(13)7-11(9)14/h3-4,7,15H,5-6,8H2,1-2H3. The summed E-state index contributed by atoms with van der Waals surface area (Å²) in [6.07, 6.45) is 1.12. The van der Waals surface area contributed by atoms with Crippen LogP contribution in [0.15, 0.2) is 22.7 Å². The molecule has 1 unspecified atom stereocenters. The zero-order valence-electron chi connectivity index (χ0n) is 9.46. The largest absolute Gasteiger partial charge is 0.390 e. The first-order chi connectivity index (χ1) is 7.44. The molecule has 1 aromatic carbocycles. The van der Waals surface area contributed by atoms with Crippen LogP contribution in [0.25, 0.3) is 0 Å². The van der Waals surface area contributed by atoms with Crippen molar-refractivity contribution in [2.75, 3.05) is 13.7 Å². The number of ether oxygens (including phenoxy) is 1. The highest BCUT2D eigenvalue weighted by Crippen LogP contribution is 2.26. The Labute approximate surface area is 110 Å². The normalized spacial score (nSPS) is 14.8. The maximum Gasteiger partial charge on any atom is 0.0682 e. The van der Waals surface area contributed by atoms with Gasteiger partial charge < -0.3 is 9.84 Å². The van der Waals surface area contributed by atoms with Crippen LogP contribution in [0.1, 0.15) is 18.9 Å². The lowest BCUT2D eigenvalue weighted by molar-refractivity contribution is 0.0249. The van der Waals surface area contributed by atoms with E-state index in [1.807, 2.05) is 18.2 Å². The first kappa shape index (κ1) is 14.0. The third-order valence-corrected chi connectivity index (χ3v) is 3.28. The van der Waals surface area contributed by atoms with Crippen molar-refractivity contribution in [3.8, 4) is 0 Å². The quantitative estimate of drug-likeness (QED) is 0.903. The molecule has 90 valence electrons. The molecule has 16 heavy (non-hydrogen) atoms. The SMILES string of the molecule is COCCC(C)(O)Cc1ccc(Br)cc1Cl. The molecular weight excluding hydrogens is 291 g/mol. The van der Waals surface area contributed by atoms with Crippen LogP contribution in [0.2, 0.25) is 5.02 Å². The minimum absolute atomic E-state index is 0.530. The molecule has 2 nitrogen and oxygen atoms in total. The maximum absolute atomic E-state index is 10.1. The fourth-order valence-electron chi connectivity index (χ4n) is 1.49. The van der Waals surface area contributed by atoms with E-state index in [9.17, 15) is 5.11 Å². The fraction of sp³-hybridized carbons (Fsp3) is 0.500. The Hall–Kier alpha value is -0.0900. The Bertz CT molecular complexity index is 353. The van der Waals surface area contributed by atoms with Crippen LogP contribution < -0.4 is 0 Å². The van der Waals surface area contributed by atoms with Gasteiger partial charge in [0, 0.05) is 29.6 Å². The van der Waals surface area contributed by atoms with Crippen LogP contribution in [-0.4, -0.2) is 24.4 Å². The molecule has 1 N–H and O–H groups in total. The minimum Gasteiger partial charge on any atom is -0.390 e. The molecule has 0 aliphatic carbocycles. The Kier molecular flexibility index (Phi) is 5.25. The van der Waals surface area contributed by atoms with Gasteiger partial charge in [-0.3, -0.25) is 0 Å². The molecule has 0 saturated carbocycles. The van der Waals surface area contributed by atoms with E-state index in [2.05, 4.69) is 15.9 Å². The van der Waals surface area contributed by atoms with E-state index >= 15 is 0 Å². The molecule has 4 heteroatoms. The number of hydrogen-bond donors (Lipinski definition) is 1. The third-order valence-electron chi connectivity index (χ3n) is 2.43. The average Bonchev–Trinajstić information content (AvgIpc) is 2.19. The van der Waals surface area contributed by atoms with Crippen molar-refractivity contribution in [3.63, 3.8) is 0 Å². The Morgan fingerprint density at radius 1 is 1.50 bits per heavy atom. The van der Waals surface area contributed by atoms with Gasteiger partial charge in [-0.05, 0) is 31.0 Å².